The summed E-state index contributed by atoms with van der Waals surface area (Å²) in [6.07, 6.45) is -5.08. The Morgan fingerprint density at radius 2 is 1.90 bits per heavy atom. The molecule has 0 aliphatic carbocycles. The van der Waals surface area contributed by atoms with Crippen LogP contribution in [0, 0.1) is 30.9 Å². The predicted molar refractivity (Wildman–Crippen MR) is 65.8 cm³/mol. The van der Waals surface area contributed by atoms with Gasteiger partial charge in [0.05, 0.1) is 15.4 Å². The molecule has 0 unspecified atom stereocenters. The van der Waals surface area contributed by atoms with Crippen LogP contribution in [-0.2, 0) is 6.18 Å². The Morgan fingerprint density at radius 3 is 2.24 bits per heavy atom. The number of hydrogen-bond acceptors (Lipinski definition) is 7. The molecule has 1 aromatic rings. The van der Waals surface area contributed by atoms with Gasteiger partial charge in [-0.05, 0) is 11.8 Å². The van der Waals surface area contributed by atoms with E-state index in [1.165, 1.54) is 5.40 Å². The molecule has 0 radical (unpaired) electrons. The number of anilines is 1. The van der Waals surface area contributed by atoms with Gasteiger partial charge in [0.15, 0.2) is 5.69 Å². The van der Waals surface area contributed by atoms with Crippen molar-refractivity contribution in [3.05, 3.63) is 31.9 Å². The van der Waals surface area contributed by atoms with Gasteiger partial charge in [-0.15, -0.1) is 0 Å². The minimum absolute atomic E-state index is 0.0850. The smallest absolute Gasteiger partial charge is 0.377 e. The molecule has 0 atom stereocenters. The van der Waals surface area contributed by atoms with Crippen molar-refractivity contribution in [1.82, 2.24) is 0 Å². The molecule has 1 rings (SSSR count). The van der Waals surface area contributed by atoms with Crippen LogP contribution in [-0.4, -0.2) is 16.9 Å². The largest absolute Gasteiger partial charge is 0.418 e. The molecule has 0 aromatic heterocycles. The summed E-state index contributed by atoms with van der Waals surface area (Å²) in [4.78, 5) is 18.4. The van der Waals surface area contributed by atoms with Crippen molar-refractivity contribution >= 4 is 28.8 Å². The average molecular weight is 322 g/mol. The number of hydrogen-bond donors (Lipinski definition) is 1. The Kier molecular flexibility index (Phi) is 4.58. The van der Waals surface area contributed by atoms with Crippen LogP contribution in [0.5, 0.6) is 0 Å². The topological polar surface area (TPSA) is 122 Å². The maximum atomic E-state index is 12.9. The lowest BCUT2D eigenvalue weighted by Gasteiger charge is -2.13. The van der Waals surface area contributed by atoms with E-state index in [1.54, 1.807) is 0 Å². The number of thiocyanates is 1. The molecule has 12 heteroatoms. The first-order valence-corrected chi connectivity index (χ1v) is 5.77. The molecule has 1 N–H and O–H groups in total. The quantitative estimate of drug-likeness (QED) is 0.391. The number of nitrogens with one attached hydrogen (secondary N) is 1. The third-order valence-corrected chi connectivity index (χ3v) is 3.02. The van der Waals surface area contributed by atoms with Crippen LogP contribution in [0.15, 0.2) is 11.0 Å². The molecule has 0 bridgehead atoms. The van der Waals surface area contributed by atoms with Gasteiger partial charge in [0.1, 0.15) is 10.3 Å². The molecule has 112 valence electrons. The first-order chi connectivity index (χ1) is 9.65. The number of nitriles is 1. The highest BCUT2D eigenvalue weighted by molar-refractivity contribution is 8.04. The Morgan fingerprint density at radius 1 is 1.33 bits per heavy atom. The summed E-state index contributed by atoms with van der Waals surface area (Å²) in [5.41, 5.74) is -4.56. The minimum atomic E-state index is -5.08. The third-order valence-electron chi connectivity index (χ3n) is 2.32. The van der Waals surface area contributed by atoms with E-state index in [1.807, 2.05) is 0 Å². The monoisotopic (exact) mass is 322 g/mol. The van der Waals surface area contributed by atoms with Gasteiger partial charge in [-0.25, -0.2) is 0 Å². The van der Waals surface area contributed by atoms with Crippen LogP contribution in [0.25, 0.3) is 0 Å². The summed E-state index contributed by atoms with van der Waals surface area (Å²) >= 11 is -0.0850. The lowest BCUT2D eigenvalue weighted by molar-refractivity contribution is -0.394. The first-order valence-electron chi connectivity index (χ1n) is 4.95. The molecule has 8 nitrogen and oxygen atoms in total. The van der Waals surface area contributed by atoms with Crippen LogP contribution in [0.2, 0.25) is 0 Å². The fourth-order valence-electron chi connectivity index (χ4n) is 1.56. The van der Waals surface area contributed by atoms with Gasteiger partial charge in [-0.2, -0.15) is 18.4 Å². The lowest BCUT2D eigenvalue weighted by Crippen LogP contribution is -2.12. The zero-order valence-electron chi connectivity index (χ0n) is 10.1. The van der Waals surface area contributed by atoms with Crippen LogP contribution in [0.3, 0.4) is 0 Å². The summed E-state index contributed by atoms with van der Waals surface area (Å²) in [5, 5.41) is 33.8. The molecule has 0 aliphatic heterocycles. The highest BCUT2D eigenvalue weighted by Crippen LogP contribution is 2.48. The van der Waals surface area contributed by atoms with Crippen LogP contribution < -0.4 is 5.32 Å². The number of rotatable bonds is 4. The summed E-state index contributed by atoms with van der Waals surface area (Å²) in [5.74, 6) is 0. The Bertz CT molecular complexity index is 656. The highest BCUT2D eigenvalue weighted by atomic mass is 32.2. The molecular weight excluding hydrogens is 317 g/mol. The Labute approximate surface area is 118 Å². The minimum Gasteiger partial charge on any atom is -0.377 e. The number of alkyl halides is 3. The van der Waals surface area contributed by atoms with E-state index in [-0.39, 0.29) is 17.8 Å². The number of benzene rings is 1. The van der Waals surface area contributed by atoms with Crippen molar-refractivity contribution in [2.24, 2.45) is 0 Å². The summed E-state index contributed by atoms with van der Waals surface area (Å²) in [7, 11) is 1.09. The first kappa shape index (κ1) is 16.5. The number of nitrogens with zero attached hydrogens (tertiary/aromatic N) is 3. The fourth-order valence-corrected chi connectivity index (χ4v) is 2.21. The molecule has 1 aromatic carbocycles. The van der Waals surface area contributed by atoms with E-state index >= 15 is 0 Å². The van der Waals surface area contributed by atoms with Crippen molar-refractivity contribution in [1.29, 1.82) is 5.26 Å². The van der Waals surface area contributed by atoms with Gasteiger partial charge in [0, 0.05) is 13.1 Å². The number of nitro benzene ring substituents is 2. The van der Waals surface area contributed by atoms with Crippen molar-refractivity contribution in [3.8, 4) is 5.40 Å². The second-order valence-corrected chi connectivity index (χ2v) is 4.25. The van der Waals surface area contributed by atoms with E-state index in [0.29, 0.717) is 0 Å². The van der Waals surface area contributed by atoms with Gasteiger partial charge in [-0.1, -0.05) is 0 Å². The van der Waals surface area contributed by atoms with Gasteiger partial charge >= 0.3 is 11.9 Å². The van der Waals surface area contributed by atoms with Gasteiger partial charge < -0.3 is 5.32 Å². The average Bonchev–Trinajstić information content (AvgIpc) is 2.35. The second-order valence-electron chi connectivity index (χ2n) is 3.45. The maximum absolute atomic E-state index is 12.9. The predicted octanol–water partition coefficient (Wildman–Crippen LogP) is 3.14. The molecule has 0 fully saturated rings. The van der Waals surface area contributed by atoms with Crippen LogP contribution in [0.4, 0.5) is 30.2 Å². The number of nitro groups is 2. The van der Waals surface area contributed by atoms with E-state index < -0.39 is 43.5 Å². The zero-order valence-corrected chi connectivity index (χ0v) is 10.9. The second kappa shape index (κ2) is 5.83. The van der Waals surface area contributed by atoms with Gasteiger partial charge in [0.2, 0.25) is 0 Å². The summed E-state index contributed by atoms with van der Waals surface area (Å²) in [6, 6.07) is 0.165. The molecule has 0 aliphatic rings. The van der Waals surface area contributed by atoms with Crippen molar-refractivity contribution in [2.45, 2.75) is 11.1 Å². The van der Waals surface area contributed by atoms with Crippen molar-refractivity contribution < 1.29 is 23.0 Å². The van der Waals surface area contributed by atoms with E-state index in [2.05, 4.69) is 5.32 Å². The zero-order chi connectivity index (χ0) is 16.4. The van der Waals surface area contributed by atoms with E-state index in [0.717, 1.165) is 7.05 Å². The standard InChI is InChI=1S/C9H5F3N4O4S/c1-14-6-5(15(17)18)2-4(9(10,11)12)8(21-3-13)7(6)16(19)20/h2,14H,1H3. The number of halogens is 3. The lowest BCUT2D eigenvalue weighted by atomic mass is 10.1. The molecule has 0 saturated heterocycles. The van der Waals surface area contributed by atoms with E-state index in [9.17, 15) is 33.4 Å². The molecule has 0 spiro atoms. The van der Waals surface area contributed by atoms with E-state index in [4.69, 9.17) is 5.26 Å². The fraction of sp³-hybridized carbons (Fsp3) is 0.222. The maximum Gasteiger partial charge on any atom is 0.418 e. The molecule has 21 heavy (non-hydrogen) atoms. The third kappa shape index (κ3) is 3.14. The molecule has 0 saturated carbocycles. The number of thioether (sulfide) groups is 1. The summed E-state index contributed by atoms with van der Waals surface area (Å²) < 4.78 is 38.7. The highest BCUT2D eigenvalue weighted by Gasteiger charge is 2.42. The van der Waals surface area contributed by atoms with Crippen LogP contribution in [0.1, 0.15) is 5.56 Å². The van der Waals surface area contributed by atoms with Crippen LogP contribution >= 0.6 is 11.8 Å². The normalized spacial score (nSPS) is 10.8. The molecule has 0 heterocycles. The summed E-state index contributed by atoms with van der Waals surface area (Å²) in [6.45, 7) is 0. The van der Waals surface area contributed by atoms with Gasteiger partial charge in [-0.3, -0.25) is 20.2 Å². The van der Waals surface area contributed by atoms with Crippen molar-refractivity contribution in [3.63, 3.8) is 0 Å². The Balaban J connectivity index is 3.95. The SMILES string of the molecule is CNc1c([N+](=O)[O-])cc(C(F)(F)F)c(SC#N)c1[N+](=O)[O-]. The molecule has 0 amide bonds. The van der Waals surface area contributed by atoms with Crippen molar-refractivity contribution in [2.75, 3.05) is 12.4 Å². The Hall–Kier alpha value is -2.55. The molecular formula is C9H5F3N4O4S. The van der Waals surface area contributed by atoms with Gasteiger partial charge in [0.25, 0.3) is 5.69 Å².